The van der Waals surface area contributed by atoms with Gasteiger partial charge in [0.15, 0.2) is 5.82 Å². The normalized spacial score (nSPS) is 13.0. The second-order valence-electron chi connectivity index (χ2n) is 7.10. The highest BCUT2D eigenvalue weighted by molar-refractivity contribution is 9.11. The van der Waals surface area contributed by atoms with Crippen molar-refractivity contribution >= 4 is 51.3 Å². The fourth-order valence-electron chi connectivity index (χ4n) is 2.73. The van der Waals surface area contributed by atoms with Crippen LogP contribution in [0.15, 0.2) is 88.7 Å². The number of benzene rings is 1. The zero-order valence-corrected chi connectivity index (χ0v) is 20.6. The number of amides is 1. The van der Waals surface area contributed by atoms with Gasteiger partial charge in [-0.05, 0) is 61.0 Å². The number of rotatable bonds is 9. The summed E-state index contributed by atoms with van der Waals surface area (Å²) in [6.45, 7) is 10.4. The number of allylic oxidation sites excluding steroid dienone is 7. The van der Waals surface area contributed by atoms with Crippen LogP contribution in [0.2, 0.25) is 0 Å². The van der Waals surface area contributed by atoms with Crippen molar-refractivity contribution in [1.29, 1.82) is 0 Å². The molecule has 1 aromatic heterocycles. The number of aliphatic imine (C=N–C) groups is 1. The molecule has 1 aromatic carbocycles. The Morgan fingerprint density at radius 3 is 2.60 bits per heavy atom. The van der Waals surface area contributed by atoms with E-state index >= 15 is 0 Å². The van der Waals surface area contributed by atoms with Crippen LogP contribution in [0.1, 0.15) is 18.3 Å². The molecule has 0 aliphatic heterocycles. The molecule has 10 heteroatoms. The maximum absolute atomic E-state index is 12.9. The van der Waals surface area contributed by atoms with Crippen molar-refractivity contribution in [2.45, 2.75) is 20.0 Å². The third-order valence-corrected chi connectivity index (χ3v) is 4.53. The van der Waals surface area contributed by atoms with E-state index in [2.05, 4.69) is 54.8 Å². The predicted octanol–water partition coefficient (Wildman–Crippen LogP) is 7.04. The van der Waals surface area contributed by atoms with Gasteiger partial charge in [-0.1, -0.05) is 40.7 Å². The van der Waals surface area contributed by atoms with Gasteiger partial charge in [-0.3, -0.25) is 9.79 Å². The van der Waals surface area contributed by atoms with Crippen LogP contribution in [0.5, 0.6) is 0 Å². The first-order valence-corrected chi connectivity index (χ1v) is 10.9. The van der Waals surface area contributed by atoms with E-state index in [0.29, 0.717) is 34.7 Å². The summed E-state index contributed by atoms with van der Waals surface area (Å²) in [6, 6.07) is 6.72. The smallest absolute Gasteiger partial charge is 0.340 e. The van der Waals surface area contributed by atoms with E-state index in [9.17, 15) is 18.0 Å². The summed E-state index contributed by atoms with van der Waals surface area (Å²) in [5.41, 5.74) is 1.53. The number of nitrogens with zero attached hydrogens (tertiary/aromatic N) is 3. The van der Waals surface area contributed by atoms with Crippen LogP contribution in [0, 0.1) is 6.92 Å². The van der Waals surface area contributed by atoms with E-state index in [-0.39, 0.29) is 0 Å². The topological polar surface area (TPSA) is 79.3 Å². The van der Waals surface area contributed by atoms with Gasteiger partial charge in [0, 0.05) is 35.4 Å². The summed E-state index contributed by atoms with van der Waals surface area (Å²) in [4.78, 5) is 24.7. The van der Waals surface area contributed by atoms with Gasteiger partial charge in [-0.2, -0.15) is 13.2 Å². The molecule has 0 aliphatic carbocycles. The summed E-state index contributed by atoms with van der Waals surface area (Å²) in [7, 11) is 0. The van der Waals surface area contributed by atoms with Crippen molar-refractivity contribution in [3.8, 4) is 0 Å². The minimum atomic E-state index is -4.60. The second kappa shape index (κ2) is 12.6. The van der Waals surface area contributed by atoms with Crippen LogP contribution in [0.25, 0.3) is 5.57 Å². The van der Waals surface area contributed by atoms with Crippen molar-refractivity contribution in [1.82, 2.24) is 9.97 Å². The first-order chi connectivity index (χ1) is 16.5. The molecule has 2 aromatic rings. The number of carbonyl (C=O) groups excluding carboxylic acids is 1. The Kier molecular flexibility index (Phi) is 9.89. The molecule has 0 spiro atoms. The van der Waals surface area contributed by atoms with E-state index in [4.69, 9.17) is 0 Å². The number of halogens is 4. The highest BCUT2D eigenvalue weighted by Crippen LogP contribution is 2.27. The Labute approximate surface area is 209 Å². The minimum Gasteiger partial charge on any atom is -0.340 e. The Hall–Kier alpha value is -3.79. The van der Waals surface area contributed by atoms with Gasteiger partial charge in [0.1, 0.15) is 5.82 Å². The first kappa shape index (κ1) is 27.5. The molecule has 0 atom stereocenters. The Balaban J connectivity index is 2.24. The van der Waals surface area contributed by atoms with E-state index in [0.717, 1.165) is 28.3 Å². The second-order valence-corrected chi connectivity index (χ2v) is 8.35. The SMILES string of the molecule is C=CC=C(C=CC(=O)Nc1ccc(C)c(Nc2ccnc(C(C=C(C)Br)=CN=C)n2)c1)C(F)(F)F. The van der Waals surface area contributed by atoms with Gasteiger partial charge in [0.25, 0.3) is 0 Å². The lowest BCUT2D eigenvalue weighted by Crippen LogP contribution is -2.12. The summed E-state index contributed by atoms with van der Waals surface area (Å²) in [5, 5.41) is 5.72. The maximum atomic E-state index is 12.9. The first-order valence-electron chi connectivity index (χ1n) is 10.1. The van der Waals surface area contributed by atoms with Crippen LogP contribution in [-0.2, 0) is 4.79 Å². The largest absolute Gasteiger partial charge is 0.416 e. The average Bonchev–Trinajstić information content (AvgIpc) is 2.77. The number of aryl methyl sites for hydroxylation is 1. The van der Waals surface area contributed by atoms with Crippen LogP contribution >= 0.6 is 15.9 Å². The molecule has 0 saturated heterocycles. The van der Waals surface area contributed by atoms with Gasteiger partial charge in [0.2, 0.25) is 5.91 Å². The lowest BCUT2D eigenvalue weighted by molar-refractivity contribution is -0.111. The number of anilines is 3. The van der Waals surface area contributed by atoms with E-state index < -0.39 is 17.7 Å². The predicted molar refractivity (Wildman–Crippen MR) is 139 cm³/mol. The lowest BCUT2D eigenvalue weighted by Gasteiger charge is -2.12. The number of carbonyl (C=O) groups is 1. The standard InChI is InChI=1S/C25H23BrF3N5O/c1-5-6-19(25(27,28)29)8-10-23(35)32-20-9-7-16(2)21(14-20)33-22-11-12-31-24(34-22)18(15-30-4)13-17(3)26/h5-15H,1,4H2,2-3H3,(H,32,35)(H,31,33,34). The molecular weight excluding hydrogens is 523 g/mol. The molecule has 1 heterocycles. The Morgan fingerprint density at radius 2 is 1.97 bits per heavy atom. The van der Waals surface area contributed by atoms with Crippen LogP contribution < -0.4 is 10.6 Å². The van der Waals surface area contributed by atoms with Crippen molar-refractivity contribution in [2.24, 2.45) is 4.99 Å². The summed E-state index contributed by atoms with van der Waals surface area (Å²) >= 11 is 3.37. The number of alkyl halides is 3. The zero-order chi connectivity index (χ0) is 26.0. The lowest BCUT2D eigenvalue weighted by atomic mass is 10.1. The van der Waals surface area contributed by atoms with Gasteiger partial charge >= 0.3 is 6.18 Å². The summed E-state index contributed by atoms with van der Waals surface area (Å²) < 4.78 is 39.7. The molecule has 0 bridgehead atoms. The van der Waals surface area contributed by atoms with Crippen LogP contribution in [-0.4, -0.2) is 28.8 Å². The average molecular weight is 546 g/mol. The number of aromatic nitrogens is 2. The molecular formula is C25H23BrF3N5O. The van der Waals surface area contributed by atoms with Crippen LogP contribution in [0.3, 0.4) is 0 Å². The molecule has 1 amide bonds. The molecule has 6 nitrogen and oxygen atoms in total. The van der Waals surface area contributed by atoms with Gasteiger partial charge in [-0.25, -0.2) is 9.97 Å². The van der Waals surface area contributed by atoms with Crippen molar-refractivity contribution in [2.75, 3.05) is 10.6 Å². The van der Waals surface area contributed by atoms with E-state index in [1.807, 2.05) is 13.8 Å². The zero-order valence-electron chi connectivity index (χ0n) is 19.0. The van der Waals surface area contributed by atoms with Gasteiger partial charge in [-0.15, -0.1) is 0 Å². The van der Waals surface area contributed by atoms with Crippen molar-refractivity contribution in [3.05, 3.63) is 95.1 Å². The maximum Gasteiger partial charge on any atom is 0.416 e. The highest BCUT2D eigenvalue weighted by Gasteiger charge is 2.31. The van der Waals surface area contributed by atoms with E-state index in [1.165, 1.54) is 6.20 Å². The molecule has 2 rings (SSSR count). The van der Waals surface area contributed by atoms with Crippen molar-refractivity contribution in [3.63, 3.8) is 0 Å². The third kappa shape index (κ3) is 8.82. The third-order valence-electron chi connectivity index (χ3n) is 4.31. The monoisotopic (exact) mass is 545 g/mol. The molecule has 0 radical (unpaired) electrons. The van der Waals surface area contributed by atoms with Gasteiger partial charge in [0.05, 0.1) is 5.57 Å². The minimum absolute atomic E-state index is 0.387. The Morgan fingerprint density at radius 1 is 1.23 bits per heavy atom. The highest BCUT2D eigenvalue weighted by atomic mass is 79.9. The molecule has 35 heavy (non-hydrogen) atoms. The Bertz CT molecular complexity index is 1230. The summed E-state index contributed by atoms with van der Waals surface area (Å²) in [5.74, 6) is 0.190. The molecule has 0 fully saturated rings. The fourth-order valence-corrected chi connectivity index (χ4v) is 2.98. The van der Waals surface area contributed by atoms with Crippen LogP contribution in [0.4, 0.5) is 30.4 Å². The van der Waals surface area contributed by atoms with Crippen molar-refractivity contribution < 1.29 is 18.0 Å². The summed E-state index contributed by atoms with van der Waals surface area (Å²) in [6.07, 6.45) is 3.62. The van der Waals surface area contributed by atoms with E-state index in [1.54, 1.807) is 36.5 Å². The fraction of sp³-hybridized carbons (Fsp3) is 0.120. The number of hydrogen-bond acceptors (Lipinski definition) is 5. The quantitative estimate of drug-likeness (QED) is 0.201. The molecule has 0 saturated carbocycles. The van der Waals surface area contributed by atoms with Gasteiger partial charge < -0.3 is 10.6 Å². The number of hydrogen-bond donors (Lipinski definition) is 2. The molecule has 0 unspecified atom stereocenters. The molecule has 2 N–H and O–H groups in total. The molecule has 182 valence electrons. The number of nitrogens with one attached hydrogen (secondary N) is 2. The molecule has 0 aliphatic rings.